The number of aromatic nitrogens is 2. The molecule has 5 rings (SSSR count). The van der Waals surface area contributed by atoms with Crippen LogP contribution in [0, 0.1) is 23.4 Å². The molecule has 1 aromatic carbocycles. The molecule has 4 heterocycles. The summed E-state index contributed by atoms with van der Waals surface area (Å²) in [6.07, 6.45) is 10.0. The molecule has 0 saturated carbocycles. The fourth-order valence-electron chi connectivity index (χ4n) is 5.58. The minimum absolute atomic E-state index is 0.179. The van der Waals surface area contributed by atoms with Crippen LogP contribution >= 0.6 is 0 Å². The maximum atomic E-state index is 13.4. The van der Waals surface area contributed by atoms with Gasteiger partial charge in [0.1, 0.15) is 5.65 Å². The molecular weight excluding hydrogens is 481 g/mol. The summed E-state index contributed by atoms with van der Waals surface area (Å²) in [6, 6.07) is 5.49. The van der Waals surface area contributed by atoms with Gasteiger partial charge in [-0.05, 0) is 80.4 Å². The smallest absolute Gasteiger partial charge is 0.194 e. The van der Waals surface area contributed by atoms with Gasteiger partial charge in [0.05, 0.1) is 6.10 Å². The molecule has 6 nitrogen and oxygen atoms in total. The zero-order valence-electron chi connectivity index (χ0n) is 20.5. The van der Waals surface area contributed by atoms with Gasteiger partial charge in [-0.15, -0.1) is 0 Å². The molecule has 3 aromatic rings. The first-order chi connectivity index (χ1) is 17.9. The van der Waals surface area contributed by atoms with Crippen molar-refractivity contribution < 1.29 is 23.1 Å². The van der Waals surface area contributed by atoms with Crippen LogP contribution < -0.4 is 0 Å². The lowest BCUT2D eigenvalue weighted by molar-refractivity contribution is 0.0319. The van der Waals surface area contributed by atoms with Crippen molar-refractivity contribution in [3.8, 4) is 0 Å². The summed E-state index contributed by atoms with van der Waals surface area (Å²) in [4.78, 5) is 24.2. The first-order valence-corrected chi connectivity index (χ1v) is 12.8. The number of hydrogen-bond acceptors (Lipinski definition) is 5. The van der Waals surface area contributed by atoms with Crippen LogP contribution in [0.2, 0.25) is 0 Å². The van der Waals surface area contributed by atoms with Crippen LogP contribution in [-0.2, 0) is 0 Å². The van der Waals surface area contributed by atoms with Crippen molar-refractivity contribution in [3.05, 3.63) is 77.5 Å². The molecule has 2 aromatic heterocycles. The molecule has 2 aliphatic rings. The number of H-pyrrole nitrogens is 1. The van der Waals surface area contributed by atoms with Gasteiger partial charge >= 0.3 is 0 Å². The Morgan fingerprint density at radius 3 is 2.51 bits per heavy atom. The number of likely N-dealkylation sites (tertiary alicyclic amines) is 2. The molecule has 2 N–H and O–H groups in total. The van der Waals surface area contributed by atoms with E-state index in [2.05, 4.69) is 27.1 Å². The quantitative estimate of drug-likeness (QED) is 0.274. The second-order valence-electron chi connectivity index (χ2n) is 10.1. The number of β-amino-alcohol motifs (C(OH)–C–C–N with tert-alkyl or cyclic N) is 1. The van der Waals surface area contributed by atoms with E-state index in [9.17, 15) is 23.1 Å². The number of hydrogen-bond donors (Lipinski definition) is 2. The molecule has 1 unspecified atom stereocenters. The molecule has 196 valence electrons. The number of aliphatic hydroxyl groups excluding tert-OH is 1. The van der Waals surface area contributed by atoms with Crippen molar-refractivity contribution in [2.75, 3.05) is 32.7 Å². The largest absolute Gasteiger partial charge is 0.392 e. The van der Waals surface area contributed by atoms with Crippen molar-refractivity contribution in [1.29, 1.82) is 0 Å². The Hall–Kier alpha value is -3.17. The van der Waals surface area contributed by atoms with E-state index in [1.807, 2.05) is 11.0 Å². The maximum Gasteiger partial charge on any atom is 0.194 e. The summed E-state index contributed by atoms with van der Waals surface area (Å²) >= 11 is 0. The minimum atomic E-state index is -1.59. The molecule has 2 fully saturated rings. The third-order valence-corrected chi connectivity index (χ3v) is 7.78. The number of aromatic amines is 1. The number of halogens is 3. The van der Waals surface area contributed by atoms with Gasteiger partial charge < -0.3 is 19.9 Å². The summed E-state index contributed by atoms with van der Waals surface area (Å²) in [6.45, 7) is 3.90. The molecule has 0 spiro atoms. The van der Waals surface area contributed by atoms with E-state index in [-0.39, 0.29) is 11.5 Å². The van der Waals surface area contributed by atoms with Crippen LogP contribution in [0.5, 0.6) is 0 Å². The lowest BCUT2D eigenvalue weighted by Gasteiger charge is -2.37. The SMILES string of the molecule is O=C(C=CN1CCC(C(O)CN2CCC(c3c[nH]c4ncccc34)CC2)CC1)c1cc(F)c(F)c(F)c1. The van der Waals surface area contributed by atoms with Gasteiger partial charge in [-0.1, -0.05) is 0 Å². The van der Waals surface area contributed by atoms with E-state index < -0.39 is 29.3 Å². The number of nitrogens with zero attached hydrogens (tertiary/aromatic N) is 3. The Labute approximate surface area is 213 Å². The van der Waals surface area contributed by atoms with Crippen LogP contribution in [0.15, 0.2) is 48.9 Å². The van der Waals surface area contributed by atoms with Crippen molar-refractivity contribution in [3.63, 3.8) is 0 Å². The van der Waals surface area contributed by atoms with Gasteiger partial charge in [0.15, 0.2) is 23.2 Å². The third-order valence-electron chi connectivity index (χ3n) is 7.78. The normalized spacial score (nSPS) is 19.2. The van der Waals surface area contributed by atoms with Crippen LogP contribution in [0.3, 0.4) is 0 Å². The highest BCUT2D eigenvalue weighted by atomic mass is 19.2. The number of aliphatic hydroxyl groups is 1. The predicted octanol–water partition coefficient (Wildman–Crippen LogP) is 4.63. The van der Waals surface area contributed by atoms with Crippen LogP contribution in [0.4, 0.5) is 13.2 Å². The number of benzene rings is 1. The minimum Gasteiger partial charge on any atom is -0.392 e. The highest BCUT2D eigenvalue weighted by molar-refractivity contribution is 6.04. The lowest BCUT2D eigenvalue weighted by atomic mass is 9.88. The van der Waals surface area contributed by atoms with Crippen molar-refractivity contribution >= 4 is 16.8 Å². The molecular formula is C28H31F3N4O2. The number of carbonyl (C=O) groups excluding carboxylic acids is 1. The number of carbonyl (C=O) groups is 1. The van der Waals surface area contributed by atoms with Gasteiger partial charge in [0.25, 0.3) is 0 Å². The van der Waals surface area contributed by atoms with Gasteiger partial charge in [-0.3, -0.25) is 4.79 Å². The standard InChI is InChI=1S/C28H31F3N4O2/c29-23-14-20(15-24(30)27(23)31)25(36)7-13-34-9-5-19(6-10-34)26(37)17-35-11-3-18(4-12-35)22-16-33-28-21(22)2-1-8-32-28/h1-2,7-8,13-16,18-19,26,37H,3-6,9-12,17H2,(H,32,33). The summed E-state index contributed by atoms with van der Waals surface area (Å²) in [5.74, 6) is -4.27. The number of fused-ring (bicyclic) bond motifs is 1. The van der Waals surface area contributed by atoms with E-state index in [1.54, 1.807) is 12.4 Å². The molecule has 2 aliphatic heterocycles. The van der Waals surface area contributed by atoms with E-state index in [0.717, 1.165) is 44.4 Å². The van der Waals surface area contributed by atoms with E-state index >= 15 is 0 Å². The summed E-state index contributed by atoms with van der Waals surface area (Å²) in [5, 5.41) is 12.1. The monoisotopic (exact) mass is 512 g/mol. The molecule has 2 saturated heterocycles. The Morgan fingerprint density at radius 1 is 1.11 bits per heavy atom. The topological polar surface area (TPSA) is 72.5 Å². The molecule has 0 radical (unpaired) electrons. The Balaban J connectivity index is 1.07. The van der Waals surface area contributed by atoms with Gasteiger partial charge in [0.2, 0.25) is 0 Å². The van der Waals surface area contributed by atoms with Gasteiger partial charge in [-0.2, -0.15) is 0 Å². The maximum absolute atomic E-state index is 13.4. The van der Waals surface area contributed by atoms with Gasteiger partial charge in [-0.25, -0.2) is 18.2 Å². The van der Waals surface area contributed by atoms with Crippen molar-refractivity contribution in [2.45, 2.75) is 37.7 Å². The van der Waals surface area contributed by atoms with E-state index in [0.29, 0.717) is 37.7 Å². The first kappa shape index (κ1) is 25.5. The molecule has 0 bridgehead atoms. The summed E-state index contributed by atoms with van der Waals surface area (Å²) in [7, 11) is 0. The zero-order valence-corrected chi connectivity index (χ0v) is 20.5. The Bertz CT molecular complexity index is 1250. The van der Waals surface area contributed by atoms with Crippen LogP contribution in [0.25, 0.3) is 11.0 Å². The Morgan fingerprint density at radius 2 is 1.81 bits per heavy atom. The average Bonchev–Trinajstić information content (AvgIpc) is 3.35. The molecule has 0 amide bonds. The second kappa shape index (κ2) is 11.1. The lowest BCUT2D eigenvalue weighted by Crippen LogP contribution is -2.43. The molecule has 1 atom stereocenters. The number of pyridine rings is 1. The summed E-state index contributed by atoms with van der Waals surface area (Å²) < 4.78 is 39.9. The Kier molecular flexibility index (Phi) is 7.62. The zero-order chi connectivity index (χ0) is 25.9. The number of rotatable bonds is 7. The van der Waals surface area contributed by atoms with E-state index in [1.165, 1.54) is 17.0 Å². The highest BCUT2D eigenvalue weighted by Crippen LogP contribution is 2.33. The number of piperidine rings is 2. The number of nitrogens with one attached hydrogen (secondary N) is 1. The molecule has 37 heavy (non-hydrogen) atoms. The second-order valence-corrected chi connectivity index (χ2v) is 10.1. The fourth-order valence-corrected chi connectivity index (χ4v) is 5.58. The van der Waals surface area contributed by atoms with Crippen LogP contribution in [0.1, 0.15) is 47.5 Å². The predicted molar refractivity (Wildman–Crippen MR) is 135 cm³/mol. The first-order valence-electron chi connectivity index (χ1n) is 12.8. The molecule has 9 heteroatoms. The van der Waals surface area contributed by atoms with Gasteiger partial charge in [0, 0.05) is 55.3 Å². The highest BCUT2D eigenvalue weighted by Gasteiger charge is 2.29. The third kappa shape index (κ3) is 5.72. The van der Waals surface area contributed by atoms with Crippen molar-refractivity contribution in [2.24, 2.45) is 5.92 Å². The number of ketones is 1. The fraction of sp³-hybridized carbons (Fsp3) is 0.429. The van der Waals surface area contributed by atoms with Crippen LogP contribution in [-0.4, -0.2) is 69.5 Å². The molecule has 0 aliphatic carbocycles. The average molecular weight is 513 g/mol. The van der Waals surface area contributed by atoms with Crippen molar-refractivity contribution in [1.82, 2.24) is 19.8 Å². The summed E-state index contributed by atoms with van der Waals surface area (Å²) in [5.41, 5.74) is 2.03. The number of allylic oxidation sites excluding steroid dienone is 1. The van der Waals surface area contributed by atoms with E-state index in [4.69, 9.17) is 0 Å².